The first-order valence-electron chi connectivity index (χ1n) is 12.9. The van der Waals surface area contributed by atoms with Gasteiger partial charge in [0.1, 0.15) is 17.7 Å². The van der Waals surface area contributed by atoms with Crippen LogP contribution in [0.25, 0.3) is 0 Å². The highest BCUT2D eigenvalue weighted by Gasteiger charge is 2.37. The van der Waals surface area contributed by atoms with Crippen LogP contribution in [0.15, 0.2) is 18.2 Å². The number of nitrogens with one attached hydrogen (secondary N) is 2. The minimum atomic E-state index is -0.815. The number of hydrogen-bond acceptors (Lipinski definition) is 4. The predicted molar refractivity (Wildman–Crippen MR) is 141 cm³/mol. The molecule has 0 heterocycles. The molecular formula is C28H47N3O4. The van der Waals surface area contributed by atoms with Crippen LogP contribution >= 0.6 is 0 Å². The average Bonchev–Trinajstić information content (AvgIpc) is 2.75. The number of likely N-dealkylation sites (N-methyl/N-ethyl adjacent to an activating group) is 1. The van der Waals surface area contributed by atoms with Crippen molar-refractivity contribution in [2.75, 3.05) is 6.54 Å². The molecule has 2 N–H and O–H groups in total. The van der Waals surface area contributed by atoms with Crippen molar-refractivity contribution >= 4 is 17.9 Å². The molecule has 1 rings (SSSR count). The maximum atomic E-state index is 13.9. The fraction of sp³-hybridized carbons (Fsp3) is 0.679. The van der Waals surface area contributed by atoms with Crippen LogP contribution in [0.5, 0.6) is 0 Å². The van der Waals surface area contributed by atoms with E-state index in [1.54, 1.807) is 25.7 Å². The second-order valence-corrected chi connectivity index (χ2v) is 10.6. The summed E-state index contributed by atoms with van der Waals surface area (Å²) in [5, 5.41) is 5.87. The molecule has 0 aliphatic rings. The van der Waals surface area contributed by atoms with Gasteiger partial charge in [-0.25, -0.2) is 4.79 Å². The highest BCUT2D eigenvalue weighted by Crippen LogP contribution is 2.26. The van der Waals surface area contributed by atoms with E-state index in [2.05, 4.69) is 17.6 Å². The number of benzene rings is 1. The zero-order valence-electron chi connectivity index (χ0n) is 23.5. The molecule has 0 fully saturated rings. The van der Waals surface area contributed by atoms with Gasteiger partial charge in [0.05, 0.1) is 0 Å². The van der Waals surface area contributed by atoms with Crippen LogP contribution in [0.4, 0.5) is 4.79 Å². The third-order valence-corrected chi connectivity index (χ3v) is 6.29. The Morgan fingerprint density at radius 3 is 2.11 bits per heavy atom. The third kappa shape index (κ3) is 9.19. The average molecular weight is 490 g/mol. The molecule has 3 amide bonds. The normalized spacial score (nSPS) is 14.9. The Labute approximate surface area is 212 Å². The van der Waals surface area contributed by atoms with Gasteiger partial charge in [-0.15, -0.1) is 0 Å². The van der Waals surface area contributed by atoms with Crippen LogP contribution in [-0.4, -0.2) is 47.0 Å². The van der Waals surface area contributed by atoms with Crippen LogP contribution in [0.2, 0.25) is 0 Å². The van der Waals surface area contributed by atoms with Crippen LogP contribution < -0.4 is 10.6 Å². The zero-order chi connectivity index (χ0) is 26.9. The van der Waals surface area contributed by atoms with Gasteiger partial charge in [0.25, 0.3) is 0 Å². The molecule has 0 saturated carbocycles. The van der Waals surface area contributed by atoms with Crippen LogP contribution in [0.1, 0.15) is 97.4 Å². The van der Waals surface area contributed by atoms with Crippen LogP contribution in [0.3, 0.4) is 0 Å². The summed E-state index contributed by atoms with van der Waals surface area (Å²) in [4.78, 5) is 41.7. The predicted octanol–water partition coefficient (Wildman–Crippen LogP) is 5.44. The van der Waals surface area contributed by atoms with Crippen molar-refractivity contribution in [3.05, 3.63) is 34.9 Å². The van der Waals surface area contributed by atoms with E-state index in [0.717, 1.165) is 29.5 Å². The van der Waals surface area contributed by atoms with E-state index in [1.807, 2.05) is 59.7 Å². The lowest BCUT2D eigenvalue weighted by atomic mass is 9.94. The number of nitrogens with zero attached hydrogens (tertiary/aromatic N) is 1. The van der Waals surface area contributed by atoms with E-state index in [9.17, 15) is 14.4 Å². The smallest absolute Gasteiger partial charge is 0.408 e. The lowest BCUT2D eigenvalue weighted by molar-refractivity contribution is -0.143. The summed E-state index contributed by atoms with van der Waals surface area (Å²) < 4.78 is 5.43. The second-order valence-electron chi connectivity index (χ2n) is 10.6. The van der Waals surface area contributed by atoms with Crippen molar-refractivity contribution in [3.63, 3.8) is 0 Å². The zero-order valence-corrected chi connectivity index (χ0v) is 23.5. The second kappa shape index (κ2) is 13.5. The van der Waals surface area contributed by atoms with Gasteiger partial charge in [-0.1, -0.05) is 51.8 Å². The molecule has 0 saturated heterocycles. The van der Waals surface area contributed by atoms with E-state index in [-0.39, 0.29) is 23.8 Å². The number of carbonyl (C=O) groups excluding carboxylic acids is 3. The summed E-state index contributed by atoms with van der Waals surface area (Å²) in [6.45, 7) is 19.5. The fourth-order valence-corrected chi connectivity index (χ4v) is 4.00. The largest absolute Gasteiger partial charge is 0.444 e. The topological polar surface area (TPSA) is 87.7 Å². The molecule has 7 nitrogen and oxygen atoms in total. The van der Waals surface area contributed by atoms with Crippen molar-refractivity contribution in [1.29, 1.82) is 0 Å². The number of hydrogen-bond donors (Lipinski definition) is 2. The summed E-state index contributed by atoms with van der Waals surface area (Å²) in [6.07, 6.45) is 1.83. The van der Waals surface area contributed by atoms with E-state index >= 15 is 0 Å². The molecular weight excluding hydrogens is 442 g/mol. The number of aryl methyl sites for hydroxylation is 2. The molecule has 4 atom stereocenters. The Balaban J connectivity index is 3.43. The SMILES string of the molecule is CCCC(C)NC(=O)C(c1ccc(C)c(C)c1)N(CC)C(=O)C(NC(=O)OC(C)(C)C)C(C)CC. The number of carbonyl (C=O) groups is 3. The molecule has 0 aliphatic carbocycles. The van der Waals surface area contributed by atoms with Gasteiger partial charge in [0, 0.05) is 12.6 Å². The minimum absolute atomic E-state index is 0.0133. The Bertz CT molecular complexity index is 862. The standard InChI is InChI=1S/C28H47N3O4/c1-11-14-21(7)29-25(32)24(22-16-15-19(5)20(6)17-22)31(13-3)26(33)23(18(4)12-2)30-27(34)35-28(8,9)10/h15-18,21,23-24H,11-14H2,1-10H3,(H,29,32)(H,30,34). The number of ether oxygens (including phenoxy) is 1. The Morgan fingerprint density at radius 2 is 1.63 bits per heavy atom. The molecule has 0 bridgehead atoms. The highest BCUT2D eigenvalue weighted by atomic mass is 16.6. The quantitative estimate of drug-likeness (QED) is 0.433. The van der Waals surface area contributed by atoms with Crippen LogP contribution in [0, 0.1) is 19.8 Å². The monoisotopic (exact) mass is 489 g/mol. The van der Waals surface area contributed by atoms with Crippen molar-refractivity contribution in [1.82, 2.24) is 15.5 Å². The van der Waals surface area contributed by atoms with Gasteiger partial charge in [-0.3, -0.25) is 9.59 Å². The number of alkyl carbamates (subject to hydrolysis) is 1. The first-order valence-corrected chi connectivity index (χ1v) is 12.9. The lowest BCUT2D eigenvalue weighted by Gasteiger charge is -2.36. The Hall–Kier alpha value is -2.57. The lowest BCUT2D eigenvalue weighted by Crippen LogP contribution is -2.55. The summed E-state index contributed by atoms with van der Waals surface area (Å²) in [5.41, 5.74) is 2.24. The molecule has 4 unspecified atom stereocenters. The molecule has 0 aliphatic heterocycles. The van der Waals surface area contributed by atoms with Gasteiger partial charge in [-0.05, 0) is 77.5 Å². The maximum Gasteiger partial charge on any atom is 0.408 e. The summed E-state index contributed by atoms with van der Waals surface area (Å²) in [6, 6.07) is 4.22. The Kier molecular flexibility index (Phi) is 11.7. The van der Waals surface area contributed by atoms with Gasteiger partial charge in [0.2, 0.25) is 11.8 Å². The molecule has 0 aromatic heterocycles. The first kappa shape index (κ1) is 30.5. The van der Waals surface area contributed by atoms with Gasteiger partial charge in [-0.2, -0.15) is 0 Å². The molecule has 1 aromatic carbocycles. The molecule has 7 heteroatoms. The molecule has 0 radical (unpaired) electrons. The van der Waals surface area contributed by atoms with E-state index in [1.165, 1.54) is 0 Å². The van der Waals surface area contributed by atoms with E-state index in [0.29, 0.717) is 13.0 Å². The van der Waals surface area contributed by atoms with Gasteiger partial charge < -0.3 is 20.3 Å². The highest BCUT2D eigenvalue weighted by molar-refractivity contribution is 5.92. The van der Waals surface area contributed by atoms with Crippen molar-refractivity contribution < 1.29 is 19.1 Å². The molecule has 0 spiro atoms. The van der Waals surface area contributed by atoms with Crippen molar-refractivity contribution in [2.45, 2.75) is 112 Å². The molecule has 198 valence electrons. The van der Waals surface area contributed by atoms with Crippen LogP contribution in [-0.2, 0) is 14.3 Å². The summed E-state index contributed by atoms with van der Waals surface area (Å²) in [5.74, 6) is -0.662. The fourth-order valence-electron chi connectivity index (χ4n) is 4.00. The number of rotatable bonds is 11. The summed E-state index contributed by atoms with van der Waals surface area (Å²) in [7, 11) is 0. The number of amides is 3. The molecule has 35 heavy (non-hydrogen) atoms. The maximum absolute atomic E-state index is 13.9. The van der Waals surface area contributed by atoms with Crippen molar-refractivity contribution in [2.24, 2.45) is 5.92 Å². The minimum Gasteiger partial charge on any atom is -0.444 e. The van der Waals surface area contributed by atoms with E-state index in [4.69, 9.17) is 4.74 Å². The van der Waals surface area contributed by atoms with Gasteiger partial charge >= 0.3 is 6.09 Å². The van der Waals surface area contributed by atoms with Crippen molar-refractivity contribution in [3.8, 4) is 0 Å². The van der Waals surface area contributed by atoms with E-state index < -0.39 is 23.8 Å². The first-order chi connectivity index (χ1) is 16.2. The Morgan fingerprint density at radius 1 is 1.00 bits per heavy atom. The third-order valence-electron chi connectivity index (χ3n) is 6.29. The van der Waals surface area contributed by atoms with Gasteiger partial charge in [0.15, 0.2) is 0 Å². The molecule has 1 aromatic rings. The summed E-state index contributed by atoms with van der Waals surface area (Å²) >= 11 is 0.